The van der Waals surface area contributed by atoms with Gasteiger partial charge in [-0.3, -0.25) is 4.72 Å². The van der Waals surface area contributed by atoms with E-state index in [0.29, 0.717) is 13.1 Å². The van der Waals surface area contributed by atoms with Crippen LogP contribution in [0.25, 0.3) is 0 Å². The van der Waals surface area contributed by atoms with E-state index in [0.717, 1.165) is 12.8 Å². The summed E-state index contributed by atoms with van der Waals surface area (Å²) < 4.78 is 54.1. The second-order valence-corrected chi connectivity index (χ2v) is 10.3. The summed E-state index contributed by atoms with van der Waals surface area (Å²) in [4.78, 5) is -0.0634. The zero-order chi connectivity index (χ0) is 18.9. The molecule has 26 heavy (non-hydrogen) atoms. The second-order valence-electron chi connectivity index (χ2n) is 5.85. The normalized spacial score (nSPS) is 15.9. The Morgan fingerprint density at radius 2 is 1.46 bits per heavy atom. The van der Waals surface area contributed by atoms with E-state index in [1.165, 1.54) is 46.8 Å². The van der Waals surface area contributed by atoms with E-state index in [2.05, 4.69) is 4.72 Å². The SMILES string of the molecule is O=S(=O)(Nc1cccc(S(=O)(=O)N2CCCC2)c1)c1cc(Cl)cc(Cl)c1. The van der Waals surface area contributed by atoms with E-state index in [1.807, 2.05) is 0 Å². The van der Waals surface area contributed by atoms with Gasteiger partial charge in [0.25, 0.3) is 10.0 Å². The van der Waals surface area contributed by atoms with E-state index < -0.39 is 20.0 Å². The van der Waals surface area contributed by atoms with Crippen molar-refractivity contribution < 1.29 is 16.8 Å². The van der Waals surface area contributed by atoms with Gasteiger partial charge in [-0.2, -0.15) is 4.31 Å². The highest BCUT2D eigenvalue weighted by Gasteiger charge is 2.27. The Hall–Kier alpha value is -1.32. The molecule has 0 amide bonds. The van der Waals surface area contributed by atoms with E-state index in [-0.39, 0.29) is 25.5 Å². The highest BCUT2D eigenvalue weighted by molar-refractivity contribution is 7.92. The number of sulfonamides is 2. The summed E-state index contributed by atoms with van der Waals surface area (Å²) in [6.07, 6.45) is 1.64. The standard InChI is InChI=1S/C16H16Cl2N2O4S2/c17-12-8-13(18)10-16(9-12)25(21,22)19-14-4-3-5-15(11-14)26(23,24)20-6-1-2-7-20/h3-5,8-11,19H,1-2,6-7H2. The van der Waals surface area contributed by atoms with Crippen LogP contribution in [0.2, 0.25) is 10.0 Å². The quantitative estimate of drug-likeness (QED) is 0.778. The van der Waals surface area contributed by atoms with Crippen LogP contribution in [0.5, 0.6) is 0 Å². The molecule has 0 unspecified atom stereocenters. The van der Waals surface area contributed by atoms with Crippen LogP contribution in [0.4, 0.5) is 5.69 Å². The third kappa shape index (κ3) is 4.15. The van der Waals surface area contributed by atoms with Crippen LogP contribution >= 0.6 is 23.2 Å². The van der Waals surface area contributed by atoms with Gasteiger partial charge in [-0.1, -0.05) is 29.3 Å². The largest absolute Gasteiger partial charge is 0.280 e. The lowest BCUT2D eigenvalue weighted by Crippen LogP contribution is -2.27. The molecule has 1 N–H and O–H groups in total. The number of halogens is 2. The van der Waals surface area contributed by atoms with Crippen molar-refractivity contribution in [3.8, 4) is 0 Å². The van der Waals surface area contributed by atoms with Crippen LogP contribution in [-0.2, 0) is 20.0 Å². The first kappa shape index (κ1) is 19.4. The molecule has 3 rings (SSSR count). The average Bonchev–Trinajstić information content (AvgIpc) is 3.09. The van der Waals surface area contributed by atoms with Gasteiger partial charge in [0.05, 0.1) is 15.5 Å². The Balaban J connectivity index is 1.91. The third-order valence-electron chi connectivity index (χ3n) is 3.94. The molecule has 0 aromatic heterocycles. The first-order valence-corrected chi connectivity index (χ1v) is 11.5. The minimum absolute atomic E-state index is 0.0451. The summed E-state index contributed by atoms with van der Waals surface area (Å²) in [7, 11) is -7.61. The molecule has 6 nitrogen and oxygen atoms in total. The third-order valence-corrected chi connectivity index (χ3v) is 7.63. The molecule has 2 aromatic carbocycles. The van der Waals surface area contributed by atoms with E-state index in [1.54, 1.807) is 0 Å². The van der Waals surface area contributed by atoms with Crippen LogP contribution in [0.15, 0.2) is 52.3 Å². The summed E-state index contributed by atoms with van der Waals surface area (Å²) in [5.41, 5.74) is 0.140. The maximum absolute atomic E-state index is 12.6. The number of hydrogen-bond acceptors (Lipinski definition) is 4. The molecule has 0 atom stereocenters. The minimum atomic E-state index is -3.97. The lowest BCUT2D eigenvalue weighted by Gasteiger charge is -2.16. The first-order chi connectivity index (χ1) is 12.2. The highest BCUT2D eigenvalue weighted by atomic mass is 35.5. The molecule has 1 fully saturated rings. The lowest BCUT2D eigenvalue weighted by atomic mass is 10.3. The number of benzene rings is 2. The number of anilines is 1. The molecular formula is C16H16Cl2N2O4S2. The van der Waals surface area contributed by atoms with Crippen molar-refractivity contribution in [1.82, 2.24) is 4.31 Å². The molecule has 0 radical (unpaired) electrons. The second kappa shape index (κ2) is 7.36. The van der Waals surface area contributed by atoms with Gasteiger partial charge >= 0.3 is 0 Å². The van der Waals surface area contributed by atoms with Crippen LogP contribution in [0, 0.1) is 0 Å². The molecule has 10 heteroatoms. The Kier molecular flexibility index (Phi) is 5.50. The molecule has 1 aliphatic rings. The summed E-state index contributed by atoms with van der Waals surface area (Å²) in [5, 5.41) is 0.367. The van der Waals surface area contributed by atoms with Gasteiger partial charge < -0.3 is 0 Å². The fourth-order valence-corrected chi connectivity index (χ4v) is 6.03. The van der Waals surface area contributed by atoms with Gasteiger partial charge in [0.15, 0.2) is 0 Å². The van der Waals surface area contributed by atoms with Crippen molar-refractivity contribution in [1.29, 1.82) is 0 Å². The van der Waals surface area contributed by atoms with E-state index in [9.17, 15) is 16.8 Å². The molecule has 0 saturated carbocycles. The topological polar surface area (TPSA) is 83.5 Å². The summed E-state index contributed by atoms with van der Waals surface area (Å²) in [6, 6.07) is 9.67. The Morgan fingerprint density at radius 1 is 0.846 bits per heavy atom. The molecule has 0 aliphatic carbocycles. The van der Waals surface area contributed by atoms with E-state index >= 15 is 0 Å². The van der Waals surface area contributed by atoms with Crippen molar-refractivity contribution >= 4 is 48.9 Å². The minimum Gasteiger partial charge on any atom is -0.280 e. The summed E-state index contributed by atoms with van der Waals surface area (Å²) >= 11 is 11.7. The molecule has 0 spiro atoms. The monoisotopic (exact) mass is 434 g/mol. The van der Waals surface area contributed by atoms with Gasteiger partial charge in [0, 0.05) is 23.1 Å². The molecule has 140 valence electrons. The Labute approximate surface area is 162 Å². The molecule has 1 saturated heterocycles. The fraction of sp³-hybridized carbons (Fsp3) is 0.250. The van der Waals surface area contributed by atoms with Crippen molar-refractivity contribution in [2.24, 2.45) is 0 Å². The smallest absolute Gasteiger partial charge is 0.261 e. The van der Waals surface area contributed by atoms with Gasteiger partial charge in [-0.15, -0.1) is 0 Å². The van der Waals surface area contributed by atoms with Crippen molar-refractivity contribution in [3.05, 3.63) is 52.5 Å². The van der Waals surface area contributed by atoms with Crippen LogP contribution < -0.4 is 4.72 Å². The van der Waals surface area contributed by atoms with Gasteiger partial charge in [-0.05, 0) is 49.2 Å². The maximum atomic E-state index is 12.6. The predicted molar refractivity (Wildman–Crippen MR) is 102 cm³/mol. The fourth-order valence-electron chi connectivity index (χ4n) is 2.70. The van der Waals surface area contributed by atoms with Crippen molar-refractivity contribution in [2.45, 2.75) is 22.6 Å². The molecule has 0 bridgehead atoms. The maximum Gasteiger partial charge on any atom is 0.261 e. The Morgan fingerprint density at radius 3 is 2.08 bits per heavy atom. The van der Waals surface area contributed by atoms with Gasteiger partial charge in [-0.25, -0.2) is 16.8 Å². The van der Waals surface area contributed by atoms with Gasteiger partial charge in [0.2, 0.25) is 10.0 Å². The van der Waals surface area contributed by atoms with Crippen LogP contribution in [0.3, 0.4) is 0 Å². The highest BCUT2D eigenvalue weighted by Crippen LogP contribution is 2.26. The number of rotatable bonds is 5. The number of nitrogens with zero attached hydrogens (tertiary/aromatic N) is 1. The summed E-state index contributed by atoms with van der Waals surface area (Å²) in [5.74, 6) is 0. The predicted octanol–water partition coefficient (Wildman–Crippen LogP) is 3.58. The molecule has 1 heterocycles. The van der Waals surface area contributed by atoms with E-state index in [4.69, 9.17) is 23.2 Å². The van der Waals surface area contributed by atoms with Crippen LogP contribution in [0.1, 0.15) is 12.8 Å². The van der Waals surface area contributed by atoms with Crippen molar-refractivity contribution in [3.63, 3.8) is 0 Å². The van der Waals surface area contributed by atoms with Crippen molar-refractivity contribution in [2.75, 3.05) is 17.8 Å². The van der Waals surface area contributed by atoms with Gasteiger partial charge in [0.1, 0.15) is 0 Å². The molecular weight excluding hydrogens is 419 g/mol. The zero-order valence-corrected chi connectivity index (χ0v) is 16.7. The van der Waals surface area contributed by atoms with Crippen LogP contribution in [-0.4, -0.2) is 34.2 Å². The number of hydrogen-bond donors (Lipinski definition) is 1. The Bertz CT molecular complexity index is 1010. The zero-order valence-electron chi connectivity index (χ0n) is 13.5. The summed E-state index contributed by atoms with van der Waals surface area (Å²) in [6.45, 7) is 0.943. The molecule has 1 aliphatic heterocycles. The molecule has 2 aromatic rings. The lowest BCUT2D eigenvalue weighted by molar-refractivity contribution is 0.477. The average molecular weight is 435 g/mol. The number of nitrogens with one attached hydrogen (secondary N) is 1. The first-order valence-electron chi connectivity index (χ1n) is 7.78.